The van der Waals surface area contributed by atoms with Crippen molar-refractivity contribution >= 4 is 5.91 Å². The van der Waals surface area contributed by atoms with Crippen LogP contribution in [-0.2, 0) is 15.6 Å². The van der Waals surface area contributed by atoms with Gasteiger partial charge in [0.05, 0.1) is 0 Å². The minimum atomic E-state index is -0.728. The number of piperidine rings is 1. The first-order chi connectivity index (χ1) is 13.1. The number of hydrogen-bond acceptors (Lipinski definition) is 2. The third-order valence-corrected chi connectivity index (χ3v) is 6.95. The summed E-state index contributed by atoms with van der Waals surface area (Å²) in [7, 11) is 0. The highest BCUT2D eigenvalue weighted by molar-refractivity contribution is 5.86. The molecule has 1 N–H and O–H groups in total. The highest BCUT2D eigenvalue weighted by atomic mass is 16.5. The number of ether oxygens (including phenoxy) is 1. The minimum Gasteiger partial charge on any atom is -0.477 e. The normalized spacial score (nSPS) is 20.8. The maximum atomic E-state index is 12.9. The summed E-state index contributed by atoms with van der Waals surface area (Å²) in [6.07, 6.45) is 6.73. The van der Waals surface area contributed by atoms with Crippen LogP contribution in [0.5, 0.6) is 5.75 Å². The summed E-state index contributed by atoms with van der Waals surface area (Å²) in [6.45, 7) is 16.5. The van der Waals surface area contributed by atoms with Crippen molar-refractivity contribution in [3.63, 3.8) is 0 Å². The van der Waals surface area contributed by atoms with Gasteiger partial charge in [0.15, 0.2) is 5.60 Å². The van der Waals surface area contributed by atoms with Crippen LogP contribution in [0.25, 0.3) is 0 Å². The second-order valence-electron chi connectivity index (χ2n) is 9.75. The summed E-state index contributed by atoms with van der Waals surface area (Å²) < 4.78 is 6.67. The zero-order valence-corrected chi connectivity index (χ0v) is 19.2. The molecule has 1 heterocycles. The monoisotopic (exact) mass is 387 g/mol. The fraction of sp³-hybridized carbons (Fsp3) is 0.720. The van der Waals surface area contributed by atoms with E-state index in [-0.39, 0.29) is 16.7 Å². The lowest BCUT2D eigenvalue weighted by atomic mass is 9.76. The summed E-state index contributed by atoms with van der Waals surface area (Å²) >= 11 is 0. The van der Waals surface area contributed by atoms with E-state index in [1.807, 2.05) is 0 Å². The van der Waals surface area contributed by atoms with Crippen molar-refractivity contribution in [1.82, 2.24) is 5.32 Å². The molecule has 158 valence electrons. The second-order valence-corrected chi connectivity index (χ2v) is 9.75. The van der Waals surface area contributed by atoms with Crippen LogP contribution < -0.4 is 10.1 Å². The summed E-state index contributed by atoms with van der Waals surface area (Å²) in [5.74, 6) is 0.945. The van der Waals surface area contributed by atoms with Crippen LogP contribution in [-0.4, -0.2) is 18.1 Å². The molecule has 0 bridgehead atoms. The standard InChI is InChI=1S/C25H41NO2/c1-8-11-15-25(16-12-17-26-22(25)27)28-21-14-13-19(23(4,5)9-2)18-20(21)24(6,7)10-3/h13-14,18H,8-12,15-17H2,1-7H3,(H,26,27). The highest BCUT2D eigenvalue weighted by Gasteiger charge is 2.43. The van der Waals surface area contributed by atoms with Crippen LogP contribution >= 0.6 is 0 Å². The first-order valence-corrected chi connectivity index (χ1v) is 11.2. The highest BCUT2D eigenvalue weighted by Crippen LogP contribution is 2.41. The Morgan fingerprint density at radius 1 is 1.07 bits per heavy atom. The van der Waals surface area contributed by atoms with Crippen molar-refractivity contribution < 1.29 is 9.53 Å². The Labute approximate surface area is 172 Å². The van der Waals surface area contributed by atoms with Gasteiger partial charge in [-0.05, 0) is 61.0 Å². The van der Waals surface area contributed by atoms with E-state index in [0.717, 1.165) is 57.2 Å². The third-order valence-electron chi connectivity index (χ3n) is 6.95. The molecule has 1 aromatic carbocycles. The number of benzene rings is 1. The van der Waals surface area contributed by atoms with Crippen LogP contribution in [0.1, 0.15) is 105 Å². The number of carbonyl (C=O) groups is 1. The number of amides is 1. The van der Waals surface area contributed by atoms with Crippen molar-refractivity contribution in [3.05, 3.63) is 29.3 Å². The lowest BCUT2D eigenvalue weighted by molar-refractivity contribution is -0.141. The molecule has 1 aliphatic rings. The summed E-state index contributed by atoms with van der Waals surface area (Å²) in [5, 5.41) is 3.06. The number of rotatable bonds is 9. The lowest BCUT2D eigenvalue weighted by Crippen LogP contribution is -2.55. The Hall–Kier alpha value is -1.51. The molecule has 0 saturated carbocycles. The smallest absolute Gasteiger partial charge is 0.264 e. The van der Waals surface area contributed by atoms with Crippen molar-refractivity contribution in [2.75, 3.05) is 6.54 Å². The van der Waals surface area contributed by atoms with Gasteiger partial charge in [-0.3, -0.25) is 4.79 Å². The van der Waals surface area contributed by atoms with E-state index in [4.69, 9.17) is 4.74 Å². The van der Waals surface area contributed by atoms with E-state index in [2.05, 4.69) is 72.0 Å². The van der Waals surface area contributed by atoms with Gasteiger partial charge < -0.3 is 10.1 Å². The molecular weight excluding hydrogens is 346 g/mol. The third kappa shape index (κ3) is 4.72. The Bertz CT molecular complexity index is 677. The van der Waals surface area contributed by atoms with Crippen molar-refractivity contribution in [2.24, 2.45) is 0 Å². The van der Waals surface area contributed by atoms with Crippen molar-refractivity contribution in [1.29, 1.82) is 0 Å². The molecule has 0 spiro atoms. The molecule has 1 unspecified atom stereocenters. The molecule has 1 amide bonds. The van der Waals surface area contributed by atoms with E-state index >= 15 is 0 Å². The molecule has 1 aliphatic heterocycles. The van der Waals surface area contributed by atoms with Crippen LogP contribution in [0.3, 0.4) is 0 Å². The summed E-state index contributed by atoms with van der Waals surface area (Å²) in [6, 6.07) is 6.65. The fourth-order valence-corrected chi connectivity index (χ4v) is 3.87. The molecule has 0 aromatic heterocycles. The van der Waals surface area contributed by atoms with Gasteiger partial charge in [-0.15, -0.1) is 0 Å². The molecule has 1 aromatic rings. The Kier molecular flexibility index (Phi) is 7.22. The predicted molar refractivity (Wildman–Crippen MR) is 118 cm³/mol. The van der Waals surface area contributed by atoms with Gasteiger partial charge in [0.25, 0.3) is 5.91 Å². The molecule has 1 atom stereocenters. The molecule has 28 heavy (non-hydrogen) atoms. The van der Waals surface area contributed by atoms with Crippen LogP contribution in [0, 0.1) is 0 Å². The molecule has 3 nitrogen and oxygen atoms in total. The largest absolute Gasteiger partial charge is 0.477 e. The first-order valence-electron chi connectivity index (χ1n) is 11.2. The van der Waals surface area contributed by atoms with Crippen LogP contribution in [0.15, 0.2) is 18.2 Å². The number of nitrogens with one attached hydrogen (secondary N) is 1. The van der Waals surface area contributed by atoms with E-state index in [0.29, 0.717) is 0 Å². The molecule has 0 radical (unpaired) electrons. The van der Waals surface area contributed by atoms with Crippen LogP contribution in [0.2, 0.25) is 0 Å². The number of hydrogen-bond donors (Lipinski definition) is 1. The van der Waals surface area contributed by atoms with Crippen molar-refractivity contribution in [2.45, 2.75) is 110 Å². The average molecular weight is 388 g/mol. The number of carbonyl (C=O) groups excluding carboxylic acids is 1. The maximum absolute atomic E-state index is 12.9. The zero-order valence-electron chi connectivity index (χ0n) is 19.2. The molecule has 0 aliphatic carbocycles. The Morgan fingerprint density at radius 2 is 1.75 bits per heavy atom. The summed E-state index contributed by atoms with van der Waals surface area (Å²) in [5.41, 5.74) is 1.96. The quantitative estimate of drug-likeness (QED) is 0.541. The van der Waals surface area contributed by atoms with Crippen molar-refractivity contribution in [3.8, 4) is 5.75 Å². The molecule has 2 rings (SSSR count). The van der Waals surface area contributed by atoms with Gasteiger partial charge in [0.1, 0.15) is 5.75 Å². The van der Waals surface area contributed by atoms with Gasteiger partial charge in [0.2, 0.25) is 0 Å². The lowest BCUT2D eigenvalue weighted by Gasteiger charge is -2.39. The minimum absolute atomic E-state index is 0.00768. The second kappa shape index (κ2) is 8.88. The molecule has 1 fully saturated rings. The van der Waals surface area contributed by atoms with Gasteiger partial charge in [0, 0.05) is 12.1 Å². The van der Waals surface area contributed by atoms with Gasteiger partial charge in [-0.25, -0.2) is 0 Å². The zero-order chi connectivity index (χ0) is 21.0. The molecule has 3 heteroatoms. The Morgan fingerprint density at radius 3 is 2.32 bits per heavy atom. The fourth-order valence-electron chi connectivity index (χ4n) is 3.87. The van der Waals surface area contributed by atoms with E-state index in [1.165, 1.54) is 11.1 Å². The number of unbranched alkanes of at least 4 members (excludes halogenated alkanes) is 1. The van der Waals surface area contributed by atoms with E-state index in [9.17, 15) is 4.79 Å². The summed E-state index contributed by atoms with van der Waals surface area (Å²) in [4.78, 5) is 12.9. The van der Waals surface area contributed by atoms with Gasteiger partial charge in [-0.2, -0.15) is 0 Å². The van der Waals surface area contributed by atoms with Crippen LogP contribution in [0.4, 0.5) is 0 Å². The predicted octanol–water partition coefficient (Wildman–Crippen LogP) is 6.28. The first kappa shape index (κ1) is 22.8. The SMILES string of the molecule is CCCCC1(Oc2ccc(C(C)(C)CC)cc2C(C)(C)CC)CCCNC1=O. The van der Waals surface area contributed by atoms with Gasteiger partial charge >= 0.3 is 0 Å². The van der Waals surface area contributed by atoms with Gasteiger partial charge in [-0.1, -0.05) is 67.0 Å². The molecular formula is C25H41NO2. The maximum Gasteiger partial charge on any atom is 0.264 e. The topological polar surface area (TPSA) is 38.3 Å². The average Bonchev–Trinajstić information content (AvgIpc) is 2.68. The molecule has 1 saturated heterocycles. The Balaban J connectivity index is 2.51. The van der Waals surface area contributed by atoms with E-state index < -0.39 is 5.60 Å². The van der Waals surface area contributed by atoms with E-state index in [1.54, 1.807) is 0 Å².